The predicted octanol–water partition coefficient (Wildman–Crippen LogP) is 3.35. The van der Waals surface area contributed by atoms with Gasteiger partial charge in [-0.25, -0.2) is 9.18 Å². The summed E-state index contributed by atoms with van der Waals surface area (Å²) in [5, 5.41) is 2.81. The second kappa shape index (κ2) is 6.20. The van der Waals surface area contributed by atoms with Crippen molar-refractivity contribution >= 4 is 17.6 Å². The Hall–Kier alpha value is -2.69. The molecule has 1 fully saturated rings. The molecule has 2 atom stereocenters. The Morgan fingerprint density at radius 2 is 1.91 bits per heavy atom. The maximum atomic E-state index is 12.9. The van der Waals surface area contributed by atoms with Crippen molar-refractivity contribution in [1.82, 2.24) is 0 Å². The van der Waals surface area contributed by atoms with Gasteiger partial charge in [0.2, 0.25) is 5.91 Å². The van der Waals surface area contributed by atoms with Crippen LogP contribution in [0.1, 0.15) is 28.3 Å². The number of ether oxygens (including phenoxy) is 1. The highest BCUT2D eigenvalue weighted by atomic mass is 19.1. The number of esters is 1. The van der Waals surface area contributed by atoms with Crippen molar-refractivity contribution < 1.29 is 18.7 Å². The SMILES string of the molecule is COC(=O)c1cccc(NC(=O)C2CC2c2ccc(F)cc2)c1. The van der Waals surface area contributed by atoms with Crippen LogP contribution in [0.2, 0.25) is 0 Å². The van der Waals surface area contributed by atoms with Crippen molar-refractivity contribution in [2.24, 2.45) is 5.92 Å². The summed E-state index contributed by atoms with van der Waals surface area (Å²) in [5.41, 5.74) is 1.91. The molecule has 0 spiro atoms. The lowest BCUT2D eigenvalue weighted by Gasteiger charge is -2.07. The molecule has 0 heterocycles. The number of nitrogens with one attached hydrogen (secondary N) is 1. The van der Waals surface area contributed by atoms with E-state index < -0.39 is 5.97 Å². The number of anilines is 1. The Morgan fingerprint density at radius 3 is 2.61 bits per heavy atom. The van der Waals surface area contributed by atoms with E-state index in [2.05, 4.69) is 10.1 Å². The summed E-state index contributed by atoms with van der Waals surface area (Å²) in [6.45, 7) is 0. The molecule has 0 aliphatic heterocycles. The number of hydrogen-bond acceptors (Lipinski definition) is 3. The standard InChI is InChI=1S/C18H16FNO3/c1-23-18(22)12-3-2-4-14(9-12)20-17(21)16-10-15(16)11-5-7-13(19)8-6-11/h2-9,15-16H,10H2,1H3,(H,20,21). The third-order valence-corrected chi connectivity index (χ3v) is 3.98. The van der Waals surface area contributed by atoms with Crippen LogP contribution < -0.4 is 5.32 Å². The smallest absolute Gasteiger partial charge is 0.337 e. The maximum absolute atomic E-state index is 12.9. The predicted molar refractivity (Wildman–Crippen MR) is 83.7 cm³/mol. The van der Waals surface area contributed by atoms with Crippen LogP contribution >= 0.6 is 0 Å². The molecule has 0 aromatic heterocycles. The molecule has 23 heavy (non-hydrogen) atoms. The number of methoxy groups -OCH3 is 1. The van der Waals surface area contributed by atoms with E-state index in [0.717, 1.165) is 12.0 Å². The maximum Gasteiger partial charge on any atom is 0.337 e. The molecular formula is C18H16FNO3. The van der Waals surface area contributed by atoms with Crippen molar-refractivity contribution in [1.29, 1.82) is 0 Å². The summed E-state index contributed by atoms with van der Waals surface area (Å²) in [6.07, 6.45) is 0.744. The summed E-state index contributed by atoms with van der Waals surface area (Å²) in [5.74, 6) is -0.824. The lowest BCUT2D eigenvalue weighted by molar-refractivity contribution is -0.117. The Balaban J connectivity index is 1.64. The molecule has 1 N–H and O–H groups in total. The van der Waals surface area contributed by atoms with E-state index in [4.69, 9.17) is 0 Å². The van der Waals surface area contributed by atoms with Crippen LogP contribution in [0.25, 0.3) is 0 Å². The topological polar surface area (TPSA) is 55.4 Å². The highest BCUT2D eigenvalue weighted by Gasteiger charge is 2.43. The van der Waals surface area contributed by atoms with Gasteiger partial charge in [0, 0.05) is 11.6 Å². The molecule has 0 radical (unpaired) electrons. The van der Waals surface area contributed by atoms with Crippen molar-refractivity contribution in [3.8, 4) is 0 Å². The average Bonchev–Trinajstić information content (AvgIpc) is 3.36. The first kappa shape index (κ1) is 15.2. The number of benzene rings is 2. The van der Waals surface area contributed by atoms with Crippen molar-refractivity contribution in [2.45, 2.75) is 12.3 Å². The Morgan fingerprint density at radius 1 is 1.17 bits per heavy atom. The van der Waals surface area contributed by atoms with Gasteiger partial charge in [-0.2, -0.15) is 0 Å². The van der Waals surface area contributed by atoms with Crippen LogP contribution in [0.15, 0.2) is 48.5 Å². The van der Waals surface area contributed by atoms with E-state index in [1.165, 1.54) is 19.2 Å². The lowest BCUT2D eigenvalue weighted by Crippen LogP contribution is -2.15. The Kier molecular flexibility index (Phi) is 4.10. The molecule has 2 aromatic carbocycles. The second-order valence-corrected chi connectivity index (χ2v) is 5.56. The second-order valence-electron chi connectivity index (χ2n) is 5.56. The quantitative estimate of drug-likeness (QED) is 0.881. The summed E-state index contributed by atoms with van der Waals surface area (Å²) >= 11 is 0. The van der Waals surface area contributed by atoms with E-state index in [1.54, 1.807) is 36.4 Å². The number of carbonyl (C=O) groups excluding carboxylic acids is 2. The summed E-state index contributed by atoms with van der Waals surface area (Å²) in [6, 6.07) is 12.9. The van der Waals surface area contributed by atoms with Gasteiger partial charge in [-0.05, 0) is 48.2 Å². The molecule has 3 rings (SSSR count). The van der Waals surface area contributed by atoms with Gasteiger partial charge in [0.1, 0.15) is 5.82 Å². The van der Waals surface area contributed by atoms with E-state index in [-0.39, 0.29) is 23.6 Å². The minimum absolute atomic E-state index is 0.0960. The third-order valence-electron chi connectivity index (χ3n) is 3.98. The highest BCUT2D eigenvalue weighted by molar-refractivity contribution is 5.97. The van der Waals surface area contributed by atoms with E-state index in [0.29, 0.717) is 11.3 Å². The van der Waals surface area contributed by atoms with E-state index in [1.807, 2.05) is 0 Å². The fraction of sp³-hybridized carbons (Fsp3) is 0.222. The first-order valence-electron chi connectivity index (χ1n) is 7.33. The minimum atomic E-state index is -0.447. The van der Waals surface area contributed by atoms with Crippen LogP contribution in [0.5, 0.6) is 0 Å². The zero-order valence-electron chi connectivity index (χ0n) is 12.6. The van der Waals surface area contributed by atoms with Crippen LogP contribution in [0.3, 0.4) is 0 Å². The van der Waals surface area contributed by atoms with Gasteiger partial charge in [0.25, 0.3) is 0 Å². The van der Waals surface area contributed by atoms with Crippen LogP contribution in [-0.2, 0) is 9.53 Å². The molecule has 1 aliphatic rings. The molecule has 0 saturated heterocycles. The van der Waals surface area contributed by atoms with Gasteiger partial charge in [0.05, 0.1) is 12.7 Å². The molecule has 0 bridgehead atoms. The van der Waals surface area contributed by atoms with Crippen molar-refractivity contribution in [3.63, 3.8) is 0 Å². The zero-order valence-corrected chi connectivity index (χ0v) is 12.6. The van der Waals surface area contributed by atoms with Crippen LogP contribution in [0, 0.1) is 11.7 Å². The van der Waals surface area contributed by atoms with E-state index in [9.17, 15) is 14.0 Å². The molecule has 1 amide bonds. The third kappa shape index (κ3) is 3.39. The Labute approximate surface area is 133 Å². The number of carbonyl (C=O) groups is 2. The molecule has 2 unspecified atom stereocenters. The molecular weight excluding hydrogens is 297 g/mol. The first-order valence-corrected chi connectivity index (χ1v) is 7.33. The van der Waals surface area contributed by atoms with Crippen LogP contribution in [0.4, 0.5) is 10.1 Å². The number of halogens is 1. The van der Waals surface area contributed by atoms with E-state index >= 15 is 0 Å². The largest absolute Gasteiger partial charge is 0.465 e. The fourth-order valence-electron chi connectivity index (χ4n) is 2.64. The van der Waals surface area contributed by atoms with Crippen molar-refractivity contribution in [2.75, 3.05) is 12.4 Å². The zero-order chi connectivity index (χ0) is 16.4. The highest BCUT2D eigenvalue weighted by Crippen LogP contribution is 2.47. The Bertz CT molecular complexity index is 742. The molecule has 118 valence electrons. The number of amides is 1. The van der Waals surface area contributed by atoms with Crippen LogP contribution in [-0.4, -0.2) is 19.0 Å². The number of rotatable bonds is 4. The van der Waals surface area contributed by atoms with Gasteiger partial charge in [-0.15, -0.1) is 0 Å². The van der Waals surface area contributed by atoms with Crippen molar-refractivity contribution in [3.05, 3.63) is 65.5 Å². The fourth-order valence-corrected chi connectivity index (χ4v) is 2.64. The summed E-state index contributed by atoms with van der Waals surface area (Å²) in [7, 11) is 1.31. The first-order chi connectivity index (χ1) is 11.1. The average molecular weight is 313 g/mol. The molecule has 2 aromatic rings. The van der Waals surface area contributed by atoms with Gasteiger partial charge in [-0.1, -0.05) is 18.2 Å². The normalized spacial score (nSPS) is 19.0. The summed E-state index contributed by atoms with van der Waals surface area (Å²) in [4.78, 5) is 23.8. The number of hydrogen-bond donors (Lipinski definition) is 1. The molecule has 1 aliphatic carbocycles. The summed E-state index contributed by atoms with van der Waals surface area (Å²) < 4.78 is 17.6. The lowest BCUT2D eigenvalue weighted by atomic mass is 10.1. The molecule has 5 heteroatoms. The van der Waals surface area contributed by atoms with Gasteiger partial charge in [0.15, 0.2) is 0 Å². The molecule has 4 nitrogen and oxygen atoms in total. The molecule has 1 saturated carbocycles. The van der Waals surface area contributed by atoms with Gasteiger partial charge >= 0.3 is 5.97 Å². The van der Waals surface area contributed by atoms with Gasteiger partial charge < -0.3 is 10.1 Å². The monoisotopic (exact) mass is 313 g/mol. The van der Waals surface area contributed by atoms with Gasteiger partial charge in [-0.3, -0.25) is 4.79 Å². The minimum Gasteiger partial charge on any atom is -0.465 e.